The molecule has 0 radical (unpaired) electrons. The van der Waals surface area contributed by atoms with Crippen LogP contribution < -0.4 is 5.32 Å². The molecule has 1 N–H and O–H groups in total. The molecule has 2 aliphatic rings. The van der Waals surface area contributed by atoms with Crippen LogP contribution in [0.1, 0.15) is 29.3 Å². The van der Waals surface area contributed by atoms with Crippen LogP contribution in [0.4, 0.5) is 5.69 Å². The second-order valence-corrected chi connectivity index (χ2v) is 5.59. The molecule has 0 bridgehead atoms. The molecule has 4 nitrogen and oxygen atoms in total. The molecule has 0 saturated carbocycles. The Bertz CT molecular complexity index is 502. The predicted molar refractivity (Wildman–Crippen MR) is 95.8 cm³/mol. The van der Waals surface area contributed by atoms with Gasteiger partial charge >= 0.3 is 0 Å². The van der Waals surface area contributed by atoms with Crippen molar-refractivity contribution in [2.45, 2.75) is 19.8 Å². The van der Waals surface area contributed by atoms with Gasteiger partial charge in [0.25, 0.3) is 5.91 Å². The van der Waals surface area contributed by atoms with Crippen molar-refractivity contribution < 1.29 is 4.79 Å². The maximum absolute atomic E-state index is 12.7. The number of carbonyl (C=O) groups excluding carboxylic acids is 1. The number of amides is 1. The molecular weight excluding hydrogens is 321 g/mol. The van der Waals surface area contributed by atoms with Crippen molar-refractivity contribution in [1.29, 1.82) is 0 Å². The van der Waals surface area contributed by atoms with Gasteiger partial charge in [-0.05, 0) is 37.1 Å². The summed E-state index contributed by atoms with van der Waals surface area (Å²) in [7, 11) is 0. The molecule has 1 aromatic rings. The Balaban J connectivity index is 0.00000121. The first-order valence-corrected chi connectivity index (χ1v) is 7.67. The quantitative estimate of drug-likeness (QED) is 0.894. The van der Waals surface area contributed by atoms with E-state index >= 15 is 0 Å². The monoisotopic (exact) mass is 345 g/mol. The Morgan fingerprint density at radius 1 is 1.18 bits per heavy atom. The summed E-state index contributed by atoms with van der Waals surface area (Å²) in [5.74, 6) is 0.210. The highest BCUT2D eigenvalue weighted by molar-refractivity contribution is 5.97. The number of hydrogen-bond acceptors (Lipinski definition) is 3. The zero-order valence-corrected chi connectivity index (χ0v) is 14.6. The molecule has 0 unspecified atom stereocenters. The number of fused-ring (bicyclic) bond motifs is 1. The first-order chi connectivity index (χ1) is 9.79. The fraction of sp³-hybridized carbons (Fsp3) is 0.562. The number of piperazine rings is 1. The van der Waals surface area contributed by atoms with E-state index in [1.165, 1.54) is 5.56 Å². The molecule has 0 atom stereocenters. The van der Waals surface area contributed by atoms with Gasteiger partial charge in [0, 0.05) is 44.0 Å². The standard InChI is InChI=1S/C16H23N3O.2ClH/c1-2-18-9-11-19(12-10-18)16(20)14-5-3-7-15-13(14)6-4-8-17-15;;/h3,5,7,17H,2,4,6,8-12H2,1H3;2*1H. The van der Waals surface area contributed by atoms with Gasteiger partial charge in [0.2, 0.25) is 0 Å². The maximum Gasteiger partial charge on any atom is 0.254 e. The van der Waals surface area contributed by atoms with Gasteiger partial charge in [0.05, 0.1) is 0 Å². The minimum absolute atomic E-state index is 0. The van der Waals surface area contributed by atoms with E-state index in [1.807, 2.05) is 17.0 Å². The average molecular weight is 346 g/mol. The number of nitrogens with zero attached hydrogens (tertiary/aromatic N) is 2. The van der Waals surface area contributed by atoms with Crippen LogP contribution in [0.25, 0.3) is 0 Å². The zero-order chi connectivity index (χ0) is 13.9. The molecule has 0 spiro atoms. The second-order valence-electron chi connectivity index (χ2n) is 5.59. The fourth-order valence-corrected chi connectivity index (χ4v) is 3.15. The molecule has 1 amide bonds. The first kappa shape index (κ1) is 19.1. The van der Waals surface area contributed by atoms with Crippen LogP contribution in [0.2, 0.25) is 0 Å². The molecule has 2 heterocycles. The summed E-state index contributed by atoms with van der Waals surface area (Å²) < 4.78 is 0. The van der Waals surface area contributed by atoms with Gasteiger partial charge in [-0.1, -0.05) is 13.0 Å². The van der Waals surface area contributed by atoms with Crippen molar-refractivity contribution in [2.24, 2.45) is 0 Å². The normalized spacial score (nSPS) is 17.6. The molecule has 0 aromatic heterocycles. The van der Waals surface area contributed by atoms with Crippen molar-refractivity contribution >= 4 is 36.4 Å². The average Bonchev–Trinajstić information content (AvgIpc) is 2.54. The number of carbonyl (C=O) groups is 1. The van der Waals surface area contributed by atoms with Gasteiger partial charge in [-0.3, -0.25) is 4.79 Å². The lowest BCUT2D eigenvalue weighted by Gasteiger charge is -2.34. The lowest BCUT2D eigenvalue weighted by Crippen LogP contribution is -2.48. The van der Waals surface area contributed by atoms with Crippen LogP contribution in [0.15, 0.2) is 18.2 Å². The number of halogens is 2. The van der Waals surface area contributed by atoms with Gasteiger partial charge in [0.1, 0.15) is 0 Å². The third-order valence-electron chi connectivity index (χ3n) is 4.43. The molecule has 124 valence electrons. The molecule has 3 rings (SSSR count). The third-order valence-corrected chi connectivity index (χ3v) is 4.43. The predicted octanol–water partition coefficient (Wildman–Crippen LogP) is 2.67. The molecule has 1 aromatic carbocycles. The van der Waals surface area contributed by atoms with Crippen molar-refractivity contribution in [3.8, 4) is 0 Å². The van der Waals surface area contributed by atoms with Crippen LogP contribution in [0.5, 0.6) is 0 Å². The van der Waals surface area contributed by atoms with E-state index in [1.54, 1.807) is 0 Å². The Labute approximate surface area is 145 Å². The summed E-state index contributed by atoms with van der Waals surface area (Å²) >= 11 is 0. The summed E-state index contributed by atoms with van der Waals surface area (Å²) in [5, 5.41) is 3.40. The zero-order valence-electron chi connectivity index (χ0n) is 13.0. The number of hydrogen-bond donors (Lipinski definition) is 1. The van der Waals surface area contributed by atoms with Crippen LogP contribution in [-0.4, -0.2) is 55.0 Å². The van der Waals surface area contributed by atoms with Crippen molar-refractivity contribution in [3.63, 3.8) is 0 Å². The highest BCUT2D eigenvalue weighted by atomic mass is 35.5. The lowest BCUT2D eigenvalue weighted by atomic mass is 9.96. The molecule has 1 fully saturated rings. The van der Waals surface area contributed by atoms with Gasteiger partial charge < -0.3 is 15.1 Å². The highest BCUT2D eigenvalue weighted by Gasteiger charge is 2.24. The summed E-state index contributed by atoms with van der Waals surface area (Å²) in [6.45, 7) is 7.96. The Morgan fingerprint density at radius 2 is 1.91 bits per heavy atom. The topological polar surface area (TPSA) is 35.6 Å². The van der Waals surface area contributed by atoms with E-state index in [0.29, 0.717) is 0 Å². The minimum atomic E-state index is 0. The summed E-state index contributed by atoms with van der Waals surface area (Å²) in [4.78, 5) is 17.2. The largest absolute Gasteiger partial charge is 0.385 e. The van der Waals surface area contributed by atoms with Gasteiger partial charge in [0.15, 0.2) is 0 Å². The van der Waals surface area contributed by atoms with Crippen LogP contribution in [0.3, 0.4) is 0 Å². The molecule has 0 aliphatic carbocycles. The molecule has 2 aliphatic heterocycles. The summed E-state index contributed by atoms with van der Waals surface area (Å²) in [6, 6.07) is 6.06. The Hall–Kier alpha value is -0.970. The lowest BCUT2D eigenvalue weighted by molar-refractivity contribution is 0.0642. The van der Waals surface area contributed by atoms with Crippen molar-refractivity contribution in [2.75, 3.05) is 44.6 Å². The van der Waals surface area contributed by atoms with E-state index in [0.717, 1.165) is 63.4 Å². The smallest absolute Gasteiger partial charge is 0.254 e. The van der Waals surface area contributed by atoms with E-state index in [4.69, 9.17) is 0 Å². The number of rotatable bonds is 2. The Kier molecular flexibility index (Phi) is 7.46. The van der Waals surface area contributed by atoms with E-state index in [-0.39, 0.29) is 30.7 Å². The number of benzene rings is 1. The Morgan fingerprint density at radius 3 is 2.59 bits per heavy atom. The van der Waals surface area contributed by atoms with E-state index < -0.39 is 0 Å². The molecule has 22 heavy (non-hydrogen) atoms. The molecule has 1 saturated heterocycles. The summed E-state index contributed by atoms with van der Waals surface area (Å²) in [6.07, 6.45) is 2.13. The second kappa shape index (κ2) is 8.61. The van der Waals surface area contributed by atoms with Gasteiger partial charge in [-0.25, -0.2) is 0 Å². The van der Waals surface area contributed by atoms with Crippen LogP contribution in [0, 0.1) is 0 Å². The third kappa shape index (κ3) is 3.86. The summed E-state index contributed by atoms with van der Waals surface area (Å²) in [5.41, 5.74) is 3.26. The van der Waals surface area contributed by atoms with E-state index in [2.05, 4.69) is 23.2 Å². The van der Waals surface area contributed by atoms with Crippen molar-refractivity contribution in [3.05, 3.63) is 29.3 Å². The maximum atomic E-state index is 12.7. The van der Waals surface area contributed by atoms with Crippen LogP contribution >= 0.6 is 24.8 Å². The van der Waals surface area contributed by atoms with Crippen LogP contribution in [-0.2, 0) is 6.42 Å². The number of likely N-dealkylation sites (N-methyl/N-ethyl adjacent to an activating group) is 1. The van der Waals surface area contributed by atoms with Crippen molar-refractivity contribution in [1.82, 2.24) is 9.80 Å². The molecule has 6 heteroatoms. The van der Waals surface area contributed by atoms with E-state index in [9.17, 15) is 4.79 Å². The number of nitrogens with one attached hydrogen (secondary N) is 1. The fourth-order valence-electron chi connectivity index (χ4n) is 3.15. The first-order valence-electron chi connectivity index (χ1n) is 7.67. The minimum Gasteiger partial charge on any atom is -0.385 e. The van der Waals surface area contributed by atoms with Gasteiger partial charge in [-0.15, -0.1) is 24.8 Å². The molecular formula is C16H25Cl2N3O. The SMILES string of the molecule is CCN1CCN(C(=O)c2cccc3c2CCCN3)CC1.Cl.Cl. The number of anilines is 1. The highest BCUT2D eigenvalue weighted by Crippen LogP contribution is 2.26. The van der Waals surface area contributed by atoms with Gasteiger partial charge in [-0.2, -0.15) is 0 Å².